The number of aromatic nitrogens is 1. The molecule has 0 N–H and O–H groups in total. The highest BCUT2D eigenvalue weighted by molar-refractivity contribution is 7.89. The summed E-state index contributed by atoms with van der Waals surface area (Å²) in [4.78, 5) is 7.85. The van der Waals surface area contributed by atoms with E-state index in [9.17, 15) is 8.42 Å². The van der Waals surface area contributed by atoms with Crippen LogP contribution in [0.15, 0.2) is 41.3 Å². The first kappa shape index (κ1) is 20.2. The molecule has 0 saturated heterocycles. The number of aryl methyl sites for hydroxylation is 3. The molecule has 3 aromatic rings. The molecule has 0 amide bonds. The van der Waals surface area contributed by atoms with Crippen LogP contribution in [0.5, 0.6) is 0 Å². The summed E-state index contributed by atoms with van der Waals surface area (Å²) in [6.07, 6.45) is 0. The van der Waals surface area contributed by atoms with E-state index in [1.807, 2.05) is 65.0 Å². The van der Waals surface area contributed by atoms with Crippen molar-refractivity contribution in [2.45, 2.75) is 52.1 Å². The van der Waals surface area contributed by atoms with Crippen LogP contribution in [0.1, 0.15) is 34.9 Å². The molecule has 7 heteroatoms. The second-order valence-electron chi connectivity index (χ2n) is 6.82. The summed E-state index contributed by atoms with van der Waals surface area (Å²) in [5, 5.41) is 0.888. The zero-order valence-electron chi connectivity index (χ0n) is 16.2. The van der Waals surface area contributed by atoms with E-state index in [0.29, 0.717) is 11.4 Å². The number of thiazole rings is 1. The monoisotopic (exact) mass is 420 g/mol. The standard InChI is InChI=1S/C20H24N2O2S3/c1-13(2)22(12-17-9-7-6-8-10-17)27(23,24)19-11-18(25-16(19)5)20-21-14(3)15(4)26-20/h6-11,13H,12H2,1-5H3. The van der Waals surface area contributed by atoms with Gasteiger partial charge < -0.3 is 0 Å². The fraction of sp³-hybridized carbons (Fsp3) is 0.350. The van der Waals surface area contributed by atoms with Crippen LogP contribution in [0.3, 0.4) is 0 Å². The summed E-state index contributed by atoms with van der Waals surface area (Å²) in [6, 6.07) is 11.4. The number of thiophene rings is 1. The quantitative estimate of drug-likeness (QED) is 0.537. The van der Waals surface area contributed by atoms with Gasteiger partial charge in [-0.15, -0.1) is 22.7 Å². The molecule has 0 saturated carbocycles. The molecule has 2 aromatic heterocycles. The summed E-state index contributed by atoms with van der Waals surface area (Å²) in [5.74, 6) is 0. The number of nitrogens with zero attached hydrogens (tertiary/aromatic N) is 2. The van der Waals surface area contributed by atoms with E-state index in [0.717, 1.165) is 30.9 Å². The van der Waals surface area contributed by atoms with E-state index in [4.69, 9.17) is 0 Å². The van der Waals surface area contributed by atoms with Gasteiger partial charge in [0.1, 0.15) is 5.01 Å². The molecule has 0 aliphatic heterocycles. The molecule has 1 aromatic carbocycles. The normalized spacial score (nSPS) is 12.3. The van der Waals surface area contributed by atoms with E-state index >= 15 is 0 Å². The molecular weight excluding hydrogens is 396 g/mol. The third-order valence-electron chi connectivity index (χ3n) is 4.46. The van der Waals surface area contributed by atoms with Crippen LogP contribution >= 0.6 is 22.7 Å². The number of rotatable bonds is 6. The maximum atomic E-state index is 13.4. The molecule has 3 rings (SSSR count). The predicted molar refractivity (Wildman–Crippen MR) is 114 cm³/mol. The Balaban J connectivity index is 1.99. The third kappa shape index (κ3) is 4.16. The van der Waals surface area contributed by atoms with Gasteiger partial charge in [0.2, 0.25) is 10.0 Å². The van der Waals surface area contributed by atoms with Crippen molar-refractivity contribution in [3.63, 3.8) is 0 Å². The van der Waals surface area contributed by atoms with Crippen molar-refractivity contribution in [3.8, 4) is 9.88 Å². The molecule has 2 heterocycles. The molecular formula is C20H24N2O2S3. The fourth-order valence-electron chi connectivity index (χ4n) is 2.84. The van der Waals surface area contributed by atoms with E-state index in [-0.39, 0.29) is 6.04 Å². The van der Waals surface area contributed by atoms with Crippen molar-refractivity contribution in [2.75, 3.05) is 0 Å². The van der Waals surface area contributed by atoms with Gasteiger partial charge in [0.25, 0.3) is 0 Å². The Bertz CT molecular complexity index is 1020. The maximum Gasteiger partial charge on any atom is 0.244 e. The minimum absolute atomic E-state index is 0.137. The molecule has 0 unspecified atom stereocenters. The Kier molecular flexibility index (Phi) is 5.86. The maximum absolute atomic E-state index is 13.4. The second kappa shape index (κ2) is 7.83. The summed E-state index contributed by atoms with van der Waals surface area (Å²) in [6.45, 7) is 10.1. The van der Waals surface area contributed by atoms with Crippen molar-refractivity contribution in [1.82, 2.24) is 9.29 Å². The highest BCUT2D eigenvalue weighted by Crippen LogP contribution is 2.38. The van der Waals surface area contributed by atoms with Crippen molar-refractivity contribution in [2.24, 2.45) is 0 Å². The van der Waals surface area contributed by atoms with Gasteiger partial charge in [0.15, 0.2) is 0 Å². The van der Waals surface area contributed by atoms with E-state index in [1.54, 1.807) is 21.7 Å². The highest BCUT2D eigenvalue weighted by atomic mass is 32.2. The van der Waals surface area contributed by atoms with Crippen molar-refractivity contribution < 1.29 is 8.42 Å². The lowest BCUT2D eigenvalue weighted by Gasteiger charge is -2.26. The number of sulfonamides is 1. The Labute approximate surface area is 169 Å². The fourth-order valence-corrected chi connectivity index (χ4v) is 6.99. The number of hydrogen-bond acceptors (Lipinski definition) is 5. The molecule has 0 aliphatic rings. The van der Waals surface area contributed by atoms with Crippen LogP contribution in [-0.2, 0) is 16.6 Å². The molecule has 0 bridgehead atoms. The Hall–Kier alpha value is -1.54. The van der Waals surface area contributed by atoms with E-state index in [2.05, 4.69) is 4.98 Å². The summed E-state index contributed by atoms with van der Waals surface area (Å²) < 4.78 is 28.4. The first-order valence-corrected chi connectivity index (χ1v) is 11.9. The summed E-state index contributed by atoms with van der Waals surface area (Å²) in [7, 11) is -3.60. The van der Waals surface area contributed by atoms with Crippen molar-refractivity contribution in [3.05, 3.63) is 57.4 Å². The van der Waals surface area contributed by atoms with Gasteiger partial charge in [-0.25, -0.2) is 13.4 Å². The topological polar surface area (TPSA) is 50.3 Å². The summed E-state index contributed by atoms with van der Waals surface area (Å²) in [5.41, 5.74) is 1.98. The van der Waals surface area contributed by atoms with Crippen LogP contribution in [0.2, 0.25) is 0 Å². The molecule has 4 nitrogen and oxygen atoms in total. The van der Waals surface area contributed by atoms with Gasteiger partial charge in [-0.3, -0.25) is 0 Å². The zero-order chi connectivity index (χ0) is 19.8. The predicted octanol–water partition coefficient (Wildman–Crippen LogP) is 5.40. The lowest BCUT2D eigenvalue weighted by atomic mass is 10.2. The number of benzene rings is 1. The molecule has 27 heavy (non-hydrogen) atoms. The molecule has 0 atom stereocenters. The molecule has 0 spiro atoms. The third-order valence-corrected chi connectivity index (χ3v) is 9.03. The van der Waals surface area contributed by atoms with Gasteiger partial charge in [-0.2, -0.15) is 4.31 Å². The molecule has 0 fully saturated rings. The van der Waals surface area contributed by atoms with E-state index in [1.165, 1.54) is 11.3 Å². The van der Waals surface area contributed by atoms with Crippen LogP contribution < -0.4 is 0 Å². The molecule has 0 aliphatic carbocycles. The second-order valence-corrected chi connectivity index (χ2v) is 11.1. The Morgan fingerprint density at radius 1 is 1.04 bits per heavy atom. The average Bonchev–Trinajstić information content (AvgIpc) is 3.16. The van der Waals surface area contributed by atoms with Crippen LogP contribution in [0.4, 0.5) is 0 Å². The smallest absolute Gasteiger partial charge is 0.240 e. The lowest BCUT2D eigenvalue weighted by Crippen LogP contribution is -2.36. The summed E-state index contributed by atoms with van der Waals surface area (Å²) >= 11 is 3.10. The zero-order valence-corrected chi connectivity index (χ0v) is 18.6. The minimum Gasteiger partial charge on any atom is -0.240 e. The SMILES string of the molecule is Cc1nc(-c2cc(S(=O)(=O)N(Cc3ccccc3)C(C)C)c(C)s2)sc1C. The van der Waals surface area contributed by atoms with Gasteiger partial charge in [0, 0.05) is 22.3 Å². The van der Waals surface area contributed by atoms with Crippen LogP contribution in [0.25, 0.3) is 9.88 Å². The van der Waals surface area contributed by atoms with Gasteiger partial charge in [-0.1, -0.05) is 30.3 Å². The lowest BCUT2D eigenvalue weighted by molar-refractivity contribution is 0.348. The molecule has 0 radical (unpaired) electrons. The van der Waals surface area contributed by atoms with Gasteiger partial charge >= 0.3 is 0 Å². The van der Waals surface area contributed by atoms with Gasteiger partial charge in [0.05, 0.1) is 15.5 Å². The van der Waals surface area contributed by atoms with E-state index < -0.39 is 10.0 Å². The van der Waals surface area contributed by atoms with Crippen LogP contribution in [-0.4, -0.2) is 23.7 Å². The van der Waals surface area contributed by atoms with Crippen LogP contribution in [0, 0.1) is 20.8 Å². The Morgan fingerprint density at radius 3 is 2.26 bits per heavy atom. The average molecular weight is 421 g/mol. The van der Waals surface area contributed by atoms with Crippen molar-refractivity contribution >= 4 is 32.7 Å². The Morgan fingerprint density at radius 2 is 1.70 bits per heavy atom. The highest BCUT2D eigenvalue weighted by Gasteiger charge is 2.30. The minimum atomic E-state index is -3.60. The molecule has 144 valence electrons. The first-order valence-electron chi connectivity index (χ1n) is 8.80. The first-order chi connectivity index (χ1) is 12.7. The van der Waals surface area contributed by atoms with Crippen molar-refractivity contribution in [1.29, 1.82) is 0 Å². The largest absolute Gasteiger partial charge is 0.244 e. The van der Waals surface area contributed by atoms with Gasteiger partial charge in [-0.05, 0) is 46.2 Å². The number of hydrogen-bond donors (Lipinski definition) is 0.